The maximum absolute atomic E-state index is 13.1. The molecule has 6 N–H and O–H groups in total. The summed E-state index contributed by atoms with van der Waals surface area (Å²) in [5, 5.41) is 54.8. The zero-order valence-electron chi connectivity index (χ0n) is 54.9. The Morgan fingerprint density at radius 1 is 0.417 bits per heavy atom. The van der Waals surface area contributed by atoms with E-state index in [0.717, 1.165) is 70.6 Å². The number of amides is 1. The summed E-state index contributed by atoms with van der Waals surface area (Å²) < 4.78 is 11.3. The summed E-state index contributed by atoms with van der Waals surface area (Å²) in [6.07, 6.45) is 83.0. The van der Waals surface area contributed by atoms with Crippen LogP contribution in [0.1, 0.15) is 341 Å². The number of carbonyl (C=O) groups is 1. The Kier molecular flexibility index (Phi) is 60.3. The Morgan fingerprint density at radius 3 is 1.10 bits per heavy atom. The van der Waals surface area contributed by atoms with Crippen LogP contribution in [-0.4, -0.2) is 87.5 Å². The largest absolute Gasteiger partial charge is 0.394 e. The molecule has 1 rings (SSSR count). The van der Waals surface area contributed by atoms with Crippen LogP contribution in [0.5, 0.6) is 0 Å². The highest BCUT2D eigenvalue weighted by molar-refractivity contribution is 5.76. The van der Waals surface area contributed by atoms with Gasteiger partial charge in [-0.05, 0) is 64.2 Å². The van der Waals surface area contributed by atoms with Crippen molar-refractivity contribution in [3.63, 3.8) is 0 Å². The molecule has 0 aromatic carbocycles. The molecule has 1 saturated heterocycles. The molecule has 9 nitrogen and oxygen atoms in total. The molecule has 1 fully saturated rings. The smallest absolute Gasteiger partial charge is 0.220 e. The van der Waals surface area contributed by atoms with Crippen molar-refractivity contribution in [3.05, 3.63) is 72.9 Å². The van der Waals surface area contributed by atoms with Gasteiger partial charge in [-0.25, -0.2) is 0 Å². The number of aliphatic hydroxyl groups is 5. The van der Waals surface area contributed by atoms with Crippen molar-refractivity contribution in [2.75, 3.05) is 13.2 Å². The quantitative estimate of drug-likeness (QED) is 0.0261. The Morgan fingerprint density at radius 2 is 0.738 bits per heavy atom. The van der Waals surface area contributed by atoms with E-state index in [1.807, 2.05) is 6.08 Å². The van der Waals surface area contributed by atoms with Crippen LogP contribution in [0, 0.1) is 0 Å². The van der Waals surface area contributed by atoms with E-state index in [-0.39, 0.29) is 12.5 Å². The highest BCUT2D eigenvalue weighted by Crippen LogP contribution is 2.23. The fourth-order valence-corrected chi connectivity index (χ4v) is 11.4. The zero-order chi connectivity index (χ0) is 60.7. The fourth-order valence-electron chi connectivity index (χ4n) is 11.4. The van der Waals surface area contributed by atoms with Gasteiger partial charge in [0.1, 0.15) is 24.4 Å². The van der Waals surface area contributed by atoms with Crippen LogP contribution in [0.15, 0.2) is 72.9 Å². The predicted molar refractivity (Wildman–Crippen MR) is 359 cm³/mol. The van der Waals surface area contributed by atoms with E-state index >= 15 is 0 Å². The molecule has 1 aliphatic heterocycles. The van der Waals surface area contributed by atoms with Crippen LogP contribution in [0.2, 0.25) is 0 Å². The van der Waals surface area contributed by atoms with E-state index in [1.54, 1.807) is 6.08 Å². The summed E-state index contributed by atoms with van der Waals surface area (Å²) in [5.74, 6) is -0.176. The number of hydrogen-bond donors (Lipinski definition) is 6. The van der Waals surface area contributed by atoms with Crippen LogP contribution in [0.4, 0.5) is 0 Å². The first kappa shape index (κ1) is 79.6. The van der Waals surface area contributed by atoms with E-state index in [1.165, 1.54) is 250 Å². The summed E-state index contributed by atoms with van der Waals surface area (Å²) in [6, 6.07) is -0.811. The van der Waals surface area contributed by atoms with Crippen LogP contribution >= 0.6 is 0 Å². The Balaban J connectivity index is 2.12. The summed E-state index contributed by atoms with van der Waals surface area (Å²) in [4.78, 5) is 13.1. The summed E-state index contributed by atoms with van der Waals surface area (Å²) in [7, 11) is 0. The van der Waals surface area contributed by atoms with Gasteiger partial charge in [0.05, 0.1) is 25.4 Å². The number of carbonyl (C=O) groups excluding carboxylic acids is 1. The maximum atomic E-state index is 13.1. The molecule has 0 spiro atoms. The van der Waals surface area contributed by atoms with Gasteiger partial charge in [0.15, 0.2) is 6.29 Å². The van der Waals surface area contributed by atoms with Gasteiger partial charge in [-0.15, -0.1) is 0 Å². The minimum atomic E-state index is -1.57. The second-order valence-electron chi connectivity index (χ2n) is 25.0. The number of hydrogen-bond acceptors (Lipinski definition) is 8. The molecular weight excluding hydrogens is 1040 g/mol. The van der Waals surface area contributed by atoms with E-state index < -0.39 is 49.5 Å². The van der Waals surface area contributed by atoms with Crippen LogP contribution in [0.3, 0.4) is 0 Å². The highest BCUT2D eigenvalue weighted by Gasteiger charge is 2.44. The monoisotopic (exact) mass is 1180 g/mol. The third kappa shape index (κ3) is 51.7. The SMILES string of the molecule is CC/C=C\C/C=C\C/C=C\C/C=C\C/C=C\CCCCCCCCCCCCCCCC(=O)NC(COC1OC(CO)C(O)C(O)C1O)C(O)/C=C/CCCCCCCCCCCCCCCCCCCCCCCCCCCCCCCC. The van der Waals surface area contributed by atoms with Crippen molar-refractivity contribution >= 4 is 5.91 Å². The average molecular weight is 1180 g/mol. The Labute approximate surface area is 519 Å². The molecule has 7 atom stereocenters. The second-order valence-corrected chi connectivity index (χ2v) is 25.0. The molecule has 9 heteroatoms. The Bertz CT molecular complexity index is 1560. The number of rotatable bonds is 63. The lowest BCUT2D eigenvalue weighted by molar-refractivity contribution is -0.302. The molecular formula is C75H137NO8. The third-order valence-corrected chi connectivity index (χ3v) is 17.0. The molecule has 84 heavy (non-hydrogen) atoms. The third-order valence-electron chi connectivity index (χ3n) is 17.0. The molecule has 7 unspecified atom stereocenters. The lowest BCUT2D eigenvalue weighted by Crippen LogP contribution is -2.60. The van der Waals surface area contributed by atoms with Gasteiger partial charge in [0, 0.05) is 6.42 Å². The van der Waals surface area contributed by atoms with Crippen molar-refractivity contribution in [1.82, 2.24) is 5.32 Å². The van der Waals surface area contributed by atoms with E-state index in [2.05, 4.69) is 79.9 Å². The first-order valence-electron chi connectivity index (χ1n) is 36.2. The van der Waals surface area contributed by atoms with E-state index in [9.17, 15) is 30.3 Å². The average Bonchev–Trinajstić information content (AvgIpc) is 3.69. The minimum absolute atomic E-state index is 0.176. The summed E-state index contributed by atoms with van der Waals surface area (Å²) in [5.41, 5.74) is 0. The standard InChI is InChI=1S/C75H137NO8/c1-3-5-7-9-11-13-15-17-19-21-23-25-27-29-31-33-34-35-37-38-40-42-44-46-48-50-52-54-56-58-60-62-64-69(78)68(67-83-75-74(82)73(81)72(80)70(66-77)84-75)76-71(79)65-63-61-59-57-55-53-51-49-47-45-43-41-39-36-32-30-28-26-24-22-20-18-16-14-12-10-8-6-4-2/h6,8,12,14,18,20,24,26,30,32,62,64,68-70,72-75,77-78,80-82H,3-5,7,9-11,13,15-17,19,21-23,25,27-29,31,33-61,63,65-67H2,1-2H3,(H,76,79)/b8-6-,14-12-,20-18-,26-24-,32-30-,64-62+. The zero-order valence-corrected chi connectivity index (χ0v) is 54.9. The van der Waals surface area contributed by atoms with Crippen LogP contribution in [-0.2, 0) is 14.3 Å². The van der Waals surface area contributed by atoms with Gasteiger partial charge in [0.2, 0.25) is 5.91 Å². The molecule has 0 bridgehead atoms. The minimum Gasteiger partial charge on any atom is -0.394 e. The fraction of sp³-hybridized carbons (Fsp3) is 0.827. The van der Waals surface area contributed by atoms with Crippen LogP contribution < -0.4 is 5.32 Å². The first-order valence-corrected chi connectivity index (χ1v) is 36.2. The number of unbranched alkanes of at least 4 members (excludes halogenated alkanes) is 43. The number of ether oxygens (including phenoxy) is 2. The van der Waals surface area contributed by atoms with E-state index in [4.69, 9.17) is 9.47 Å². The lowest BCUT2D eigenvalue weighted by atomic mass is 9.99. The summed E-state index contributed by atoms with van der Waals surface area (Å²) >= 11 is 0. The molecule has 0 saturated carbocycles. The molecule has 0 aromatic rings. The molecule has 1 aliphatic rings. The number of aliphatic hydroxyl groups excluding tert-OH is 5. The molecule has 0 radical (unpaired) electrons. The van der Waals surface area contributed by atoms with Gasteiger partial charge in [-0.3, -0.25) is 4.79 Å². The highest BCUT2D eigenvalue weighted by atomic mass is 16.7. The molecule has 0 aromatic heterocycles. The predicted octanol–water partition coefficient (Wildman–Crippen LogP) is 19.9. The van der Waals surface area contributed by atoms with Gasteiger partial charge < -0.3 is 40.3 Å². The molecule has 0 aliphatic carbocycles. The second kappa shape index (κ2) is 63.6. The number of nitrogens with one attached hydrogen (secondary N) is 1. The van der Waals surface area contributed by atoms with Crippen molar-refractivity contribution in [2.24, 2.45) is 0 Å². The van der Waals surface area contributed by atoms with Crippen LogP contribution in [0.25, 0.3) is 0 Å². The van der Waals surface area contributed by atoms with Crippen molar-refractivity contribution in [1.29, 1.82) is 0 Å². The normalized spacial score (nSPS) is 18.6. The topological polar surface area (TPSA) is 149 Å². The van der Waals surface area contributed by atoms with Gasteiger partial charge in [-0.2, -0.15) is 0 Å². The molecule has 1 heterocycles. The van der Waals surface area contributed by atoms with Crippen molar-refractivity contribution < 1.29 is 39.8 Å². The molecule has 1 amide bonds. The Hall–Kier alpha value is -2.37. The van der Waals surface area contributed by atoms with Gasteiger partial charge in [0.25, 0.3) is 0 Å². The van der Waals surface area contributed by atoms with Crippen molar-refractivity contribution in [3.8, 4) is 0 Å². The number of allylic oxidation sites excluding steroid dienone is 11. The maximum Gasteiger partial charge on any atom is 0.220 e. The first-order chi connectivity index (χ1) is 41.3. The van der Waals surface area contributed by atoms with Gasteiger partial charge in [-0.1, -0.05) is 344 Å². The van der Waals surface area contributed by atoms with Gasteiger partial charge >= 0.3 is 0 Å². The summed E-state index contributed by atoms with van der Waals surface area (Å²) in [6.45, 7) is 3.71. The molecule has 490 valence electrons. The van der Waals surface area contributed by atoms with E-state index in [0.29, 0.717) is 6.42 Å². The lowest BCUT2D eigenvalue weighted by Gasteiger charge is -2.40. The van der Waals surface area contributed by atoms with Crippen molar-refractivity contribution in [2.45, 2.75) is 384 Å².